The van der Waals surface area contributed by atoms with E-state index in [1.54, 1.807) is 13.0 Å². The number of hydrogen-bond donors (Lipinski definition) is 2. The van der Waals surface area contributed by atoms with Gasteiger partial charge >= 0.3 is 0 Å². The Morgan fingerprint density at radius 1 is 1.31 bits per heavy atom. The highest BCUT2D eigenvalue weighted by Gasteiger charge is 2.28. The van der Waals surface area contributed by atoms with Gasteiger partial charge in [0, 0.05) is 0 Å². The molecule has 0 aromatic heterocycles. The summed E-state index contributed by atoms with van der Waals surface area (Å²) in [5, 5.41) is 5.85. The van der Waals surface area contributed by atoms with Gasteiger partial charge in [0.2, 0.25) is 5.91 Å². The van der Waals surface area contributed by atoms with Gasteiger partial charge in [-0.25, -0.2) is 4.39 Å². The van der Waals surface area contributed by atoms with Crippen molar-refractivity contribution in [3.63, 3.8) is 0 Å². The molecule has 1 aromatic rings. The lowest BCUT2D eigenvalue weighted by Gasteiger charge is -2.29. The highest BCUT2D eigenvalue weighted by Crippen LogP contribution is 2.30. The minimum absolute atomic E-state index is 0.0616. The van der Waals surface area contributed by atoms with Gasteiger partial charge in [0.15, 0.2) is 0 Å². The summed E-state index contributed by atoms with van der Waals surface area (Å²) >= 11 is 0. The molecule has 2 N–H and O–H groups in total. The zero-order valence-electron chi connectivity index (χ0n) is 9.60. The summed E-state index contributed by atoms with van der Waals surface area (Å²) in [7, 11) is 0. The van der Waals surface area contributed by atoms with Crippen LogP contribution in [0.3, 0.4) is 0 Å². The fourth-order valence-corrected chi connectivity index (χ4v) is 1.82. The molecule has 86 valence electrons. The molecule has 1 heterocycles. The quantitative estimate of drug-likeness (QED) is 0.766. The number of benzene rings is 1. The number of anilines is 2. The van der Waals surface area contributed by atoms with Crippen LogP contribution in [0.5, 0.6) is 0 Å². The lowest BCUT2D eigenvalue weighted by molar-refractivity contribution is -0.117. The SMILES string of the molecule is Cc1cc2c(cc1F)N[C@@H](C(C)C)C(=O)N2. The second-order valence-corrected chi connectivity index (χ2v) is 4.50. The maximum Gasteiger partial charge on any atom is 0.247 e. The molecule has 1 aromatic carbocycles. The van der Waals surface area contributed by atoms with Gasteiger partial charge in [-0.15, -0.1) is 0 Å². The van der Waals surface area contributed by atoms with E-state index in [0.29, 0.717) is 16.9 Å². The largest absolute Gasteiger partial charge is 0.372 e. The van der Waals surface area contributed by atoms with Crippen LogP contribution in [0.4, 0.5) is 15.8 Å². The Bertz CT molecular complexity index is 443. The molecule has 0 radical (unpaired) electrons. The van der Waals surface area contributed by atoms with Crippen molar-refractivity contribution in [1.29, 1.82) is 0 Å². The minimum Gasteiger partial charge on any atom is -0.372 e. The van der Waals surface area contributed by atoms with Crippen LogP contribution in [-0.4, -0.2) is 11.9 Å². The standard InChI is InChI=1S/C12H15FN2O/c1-6(2)11-12(16)15-9-4-7(3)8(13)5-10(9)14-11/h4-6,11,14H,1-3H3,(H,15,16)/t11-/m0/s1. The Hall–Kier alpha value is -1.58. The van der Waals surface area contributed by atoms with Crippen molar-refractivity contribution in [1.82, 2.24) is 0 Å². The highest BCUT2D eigenvalue weighted by atomic mass is 19.1. The minimum atomic E-state index is -0.297. The Morgan fingerprint density at radius 2 is 2.00 bits per heavy atom. The number of aryl methyl sites for hydroxylation is 1. The van der Waals surface area contributed by atoms with E-state index < -0.39 is 0 Å². The number of amides is 1. The summed E-state index contributed by atoms with van der Waals surface area (Å²) in [5.41, 5.74) is 1.84. The zero-order valence-corrected chi connectivity index (χ0v) is 9.60. The Morgan fingerprint density at radius 3 is 2.62 bits per heavy atom. The number of nitrogens with one attached hydrogen (secondary N) is 2. The molecular weight excluding hydrogens is 207 g/mol. The first kappa shape index (κ1) is 10.9. The van der Waals surface area contributed by atoms with E-state index in [9.17, 15) is 9.18 Å². The van der Waals surface area contributed by atoms with Gasteiger partial charge < -0.3 is 10.6 Å². The molecule has 1 aliphatic heterocycles. The number of carbonyl (C=O) groups is 1. The maximum atomic E-state index is 13.4. The second-order valence-electron chi connectivity index (χ2n) is 4.50. The topological polar surface area (TPSA) is 41.1 Å². The summed E-state index contributed by atoms with van der Waals surface area (Å²) in [4.78, 5) is 11.7. The molecule has 0 bridgehead atoms. The monoisotopic (exact) mass is 222 g/mol. The average molecular weight is 222 g/mol. The van der Waals surface area contributed by atoms with E-state index in [1.807, 2.05) is 13.8 Å². The van der Waals surface area contributed by atoms with E-state index in [0.717, 1.165) is 0 Å². The molecule has 0 unspecified atom stereocenters. The van der Waals surface area contributed by atoms with Gasteiger partial charge in [-0.05, 0) is 30.5 Å². The summed E-state index contributed by atoms with van der Waals surface area (Å²) in [6.45, 7) is 5.58. The molecule has 16 heavy (non-hydrogen) atoms. The van der Waals surface area contributed by atoms with E-state index in [1.165, 1.54) is 6.07 Å². The van der Waals surface area contributed by atoms with Crippen LogP contribution >= 0.6 is 0 Å². The van der Waals surface area contributed by atoms with E-state index >= 15 is 0 Å². The molecule has 1 aliphatic rings. The van der Waals surface area contributed by atoms with Crippen LogP contribution in [0.1, 0.15) is 19.4 Å². The van der Waals surface area contributed by atoms with E-state index in [-0.39, 0.29) is 23.7 Å². The first-order valence-electron chi connectivity index (χ1n) is 5.36. The van der Waals surface area contributed by atoms with Crippen LogP contribution in [0.2, 0.25) is 0 Å². The fourth-order valence-electron chi connectivity index (χ4n) is 1.82. The second kappa shape index (κ2) is 3.77. The predicted molar refractivity (Wildman–Crippen MR) is 62.0 cm³/mol. The smallest absolute Gasteiger partial charge is 0.247 e. The molecule has 0 saturated heterocycles. The molecule has 4 heteroatoms. The first-order chi connectivity index (χ1) is 7.49. The first-order valence-corrected chi connectivity index (χ1v) is 5.36. The van der Waals surface area contributed by atoms with Crippen molar-refractivity contribution >= 4 is 17.3 Å². The zero-order chi connectivity index (χ0) is 11.9. The van der Waals surface area contributed by atoms with Gasteiger partial charge in [-0.2, -0.15) is 0 Å². The molecule has 0 spiro atoms. The van der Waals surface area contributed by atoms with Crippen molar-refractivity contribution in [2.24, 2.45) is 5.92 Å². The van der Waals surface area contributed by atoms with E-state index in [2.05, 4.69) is 10.6 Å². The molecule has 2 rings (SSSR count). The van der Waals surface area contributed by atoms with Gasteiger partial charge in [-0.1, -0.05) is 13.8 Å². The Labute approximate surface area is 94.0 Å². The van der Waals surface area contributed by atoms with Crippen molar-refractivity contribution in [2.75, 3.05) is 10.6 Å². The summed E-state index contributed by atoms with van der Waals surface area (Å²) in [6.07, 6.45) is 0. The summed E-state index contributed by atoms with van der Waals surface area (Å²) in [5.74, 6) is -0.157. The third kappa shape index (κ3) is 1.75. The third-order valence-electron chi connectivity index (χ3n) is 2.82. The van der Waals surface area contributed by atoms with Gasteiger partial charge in [0.1, 0.15) is 11.9 Å². The lowest BCUT2D eigenvalue weighted by Crippen LogP contribution is -2.42. The van der Waals surface area contributed by atoms with Gasteiger partial charge in [0.25, 0.3) is 0 Å². The number of carbonyl (C=O) groups excluding carboxylic acids is 1. The lowest BCUT2D eigenvalue weighted by atomic mass is 10.00. The van der Waals surface area contributed by atoms with Crippen molar-refractivity contribution in [2.45, 2.75) is 26.8 Å². The van der Waals surface area contributed by atoms with Gasteiger partial charge in [0.05, 0.1) is 11.4 Å². The molecule has 3 nitrogen and oxygen atoms in total. The van der Waals surface area contributed by atoms with Crippen LogP contribution < -0.4 is 10.6 Å². The van der Waals surface area contributed by atoms with Crippen molar-refractivity contribution in [3.05, 3.63) is 23.5 Å². The number of rotatable bonds is 1. The van der Waals surface area contributed by atoms with Crippen LogP contribution in [0.25, 0.3) is 0 Å². The fraction of sp³-hybridized carbons (Fsp3) is 0.417. The normalized spacial score (nSPS) is 19.1. The summed E-state index contributed by atoms with van der Waals surface area (Å²) in [6, 6.07) is 2.78. The third-order valence-corrected chi connectivity index (χ3v) is 2.82. The molecule has 0 aliphatic carbocycles. The van der Waals surface area contributed by atoms with Crippen molar-refractivity contribution in [3.8, 4) is 0 Å². The number of hydrogen-bond acceptors (Lipinski definition) is 2. The van der Waals surface area contributed by atoms with Crippen molar-refractivity contribution < 1.29 is 9.18 Å². The van der Waals surface area contributed by atoms with Crippen LogP contribution in [-0.2, 0) is 4.79 Å². The molecule has 1 atom stereocenters. The highest BCUT2D eigenvalue weighted by molar-refractivity contribution is 6.03. The number of fused-ring (bicyclic) bond motifs is 1. The van der Waals surface area contributed by atoms with Crippen LogP contribution in [0, 0.1) is 18.7 Å². The Kier molecular flexibility index (Phi) is 2.58. The Balaban J connectivity index is 2.39. The average Bonchev–Trinajstić information content (AvgIpc) is 2.19. The van der Waals surface area contributed by atoms with Crippen LogP contribution in [0.15, 0.2) is 12.1 Å². The van der Waals surface area contributed by atoms with Gasteiger partial charge in [-0.3, -0.25) is 4.79 Å². The maximum absolute atomic E-state index is 13.4. The molecular formula is C12H15FN2O. The number of halogens is 1. The molecule has 1 amide bonds. The predicted octanol–water partition coefficient (Wildman–Crippen LogP) is 2.52. The molecule has 0 fully saturated rings. The summed E-state index contributed by atoms with van der Waals surface area (Å²) < 4.78 is 13.4. The molecule has 0 saturated carbocycles. The van der Waals surface area contributed by atoms with E-state index in [4.69, 9.17) is 0 Å².